The van der Waals surface area contributed by atoms with Gasteiger partial charge in [0.25, 0.3) is 0 Å². The summed E-state index contributed by atoms with van der Waals surface area (Å²) in [5.74, 6) is 0. The third-order valence-electron chi connectivity index (χ3n) is 6.62. The number of hydrogen-bond donors (Lipinski definition) is 0. The van der Waals surface area contributed by atoms with Gasteiger partial charge in [-0.3, -0.25) is 4.68 Å². The molecule has 1 fully saturated rings. The fraction of sp³-hybridized carbons (Fsp3) is 0.391. The van der Waals surface area contributed by atoms with Crippen LogP contribution in [0.15, 0.2) is 73.1 Å². The lowest BCUT2D eigenvalue weighted by atomic mass is 10.2. The Hall–Kier alpha value is -2.24. The Morgan fingerprint density at radius 3 is 2.04 bits per heavy atom. The zero-order chi connectivity index (χ0) is 19.3. The average molecular weight is 392 g/mol. The van der Waals surface area contributed by atoms with Crippen molar-refractivity contribution in [3.8, 4) is 0 Å². The van der Waals surface area contributed by atoms with Gasteiger partial charge >= 0.3 is 0 Å². The van der Waals surface area contributed by atoms with Crippen LogP contribution in [0.1, 0.15) is 12.8 Å². The third kappa shape index (κ3) is 4.10. The lowest BCUT2D eigenvalue weighted by Gasteiger charge is -2.46. The number of hydrogen-bond acceptors (Lipinski definition) is 2. The SMILES string of the molecule is C[N+]1(CCCCn2ccnn2)CC[Si](c2ccccc2)(c2ccccc2)CC1. The van der Waals surface area contributed by atoms with Crippen LogP contribution >= 0.6 is 0 Å². The van der Waals surface area contributed by atoms with Crippen LogP contribution in [0.2, 0.25) is 12.1 Å². The van der Waals surface area contributed by atoms with Crippen molar-refractivity contribution in [3.05, 3.63) is 73.1 Å². The standard InChI is InChI=1S/C23H31N4Si/c1-27(17-9-8-15-26-16-14-24-25-26)18-20-28(21-19-27,22-10-4-2-5-11-22)23-12-6-3-7-13-23/h2-7,10-14,16H,8-9,15,17-21H2,1H3/q+1. The second-order valence-corrected chi connectivity index (χ2v) is 12.8. The molecule has 0 amide bonds. The molecule has 2 heterocycles. The van der Waals surface area contributed by atoms with E-state index in [1.54, 1.807) is 16.6 Å². The van der Waals surface area contributed by atoms with Crippen molar-refractivity contribution in [2.24, 2.45) is 0 Å². The Bertz CT molecular complexity index is 799. The van der Waals surface area contributed by atoms with E-state index in [-0.39, 0.29) is 0 Å². The highest BCUT2D eigenvalue weighted by Crippen LogP contribution is 2.27. The van der Waals surface area contributed by atoms with E-state index < -0.39 is 8.07 Å². The molecule has 0 unspecified atom stereocenters. The fourth-order valence-corrected chi connectivity index (χ4v) is 10.0. The molecule has 1 aliphatic heterocycles. The highest BCUT2D eigenvalue weighted by molar-refractivity contribution is 7.02. The molecular weight excluding hydrogens is 360 g/mol. The second-order valence-electron chi connectivity index (χ2n) is 8.48. The minimum Gasteiger partial charge on any atom is -0.326 e. The van der Waals surface area contributed by atoms with Crippen LogP contribution < -0.4 is 10.4 Å². The van der Waals surface area contributed by atoms with E-state index in [2.05, 4.69) is 78.0 Å². The van der Waals surface area contributed by atoms with E-state index >= 15 is 0 Å². The summed E-state index contributed by atoms with van der Waals surface area (Å²) in [6.07, 6.45) is 6.14. The molecular formula is C23H31N4Si+. The molecule has 0 N–H and O–H groups in total. The van der Waals surface area contributed by atoms with Crippen molar-refractivity contribution in [2.75, 3.05) is 26.7 Å². The van der Waals surface area contributed by atoms with E-state index in [0.717, 1.165) is 6.54 Å². The molecule has 28 heavy (non-hydrogen) atoms. The number of nitrogens with zero attached hydrogens (tertiary/aromatic N) is 4. The monoisotopic (exact) mass is 391 g/mol. The molecule has 1 saturated heterocycles. The highest BCUT2D eigenvalue weighted by atomic mass is 28.3. The molecule has 146 valence electrons. The van der Waals surface area contributed by atoms with Crippen molar-refractivity contribution in [1.29, 1.82) is 0 Å². The normalized spacial score (nSPS) is 18.0. The van der Waals surface area contributed by atoms with E-state index in [9.17, 15) is 0 Å². The third-order valence-corrected chi connectivity index (χ3v) is 11.6. The van der Waals surface area contributed by atoms with Crippen molar-refractivity contribution < 1.29 is 4.48 Å². The zero-order valence-corrected chi connectivity index (χ0v) is 17.9. The molecule has 0 bridgehead atoms. The van der Waals surface area contributed by atoms with Crippen LogP contribution in [0.25, 0.3) is 0 Å². The van der Waals surface area contributed by atoms with Crippen molar-refractivity contribution in [3.63, 3.8) is 0 Å². The largest absolute Gasteiger partial charge is 0.326 e. The zero-order valence-electron chi connectivity index (χ0n) is 16.9. The molecule has 0 saturated carbocycles. The van der Waals surface area contributed by atoms with Gasteiger partial charge in [-0.25, -0.2) is 0 Å². The first-order valence-corrected chi connectivity index (χ1v) is 12.9. The Morgan fingerprint density at radius 2 is 1.50 bits per heavy atom. The maximum Gasteiger partial charge on any atom is 0.129 e. The van der Waals surface area contributed by atoms with Gasteiger partial charge in [0.15, 0.2) is 0 Å². The first kappa shape index (κ1) is 19.1. The maximum absolute atomic E-state index is 4.07. The number of quaternary nitrogens is 1. The van der Waals surface area contributed by atoms with E-state index in [1.165, 1.54) is 49.0 Å². The van der Waals surface area contributed by atoms with Crippen LogP contribution in [0.3, 0.4) is 0 Å². The summed E-state index contributed by atoms with van der Waals surface area (Å²) in [5, 5.41) is 11.2. The van der Waals surface area contributed by atoms with Gasteiger partial charge in [0.2, 0.25) is 0 Å². The molecule has 5 heteroatoms. The van der Waals surface area contributed by atoms with Gasteiger partial charge in [-0.1, -0.05) is 76.3 Å². The van der Waals surface area contributed by atoms with Gasteiger partial charge in [0.1, 0.15) is 8.07 Å². The van der Waals surface area contributed by atoms with Crippen LogP contribution in [0.5, 0.6) is 0 Å². The summed E-state index contributed by atoms with van der Waals surface area (Å²) >= 11 is 0. The topological polar surface area (TPSA) is 30.7 Å². The number of aryl methyl sites for hydroxylation is 1. The molecule has 0 spiro atoms. The van der Waals surface area contributed by atoms with Crippen LogP contribution in [0, 0.1) is 0 Å². The summed E-state index contributed by atoms with van der Waals surface area (Å²) in [5.41, 5.74) is 0. The van der Waals surface area contributed by atoms with Crippen LogP contribution in [-0.4, -0.2) is 54.2 Å². The Kier molecular flexibility index (Phi) is 5.73. The molecule has 4 rings (SSSR count). The fourth-order valence-electron chi connectivity index (χ4n) is 4.76. The first-order valence-electron chi connectivity index (χ1n) is 10.5. The van der Waals surface area contributed by atoms with E-state index in [1.807, 2.05) is 10.9 Å². The number of benzene rings is 2. The minimum atomic E-state index is -1.65. The molecule has 1 aliphatic rings. The summed E-state index contributed by atoms with van der Waals surface area (Å²) < 4.78 is 3.16. The Labute approximate surface area is 169 Å². The number of aromatic nitrogens is 3. The van der Waals surface area contributed by atoms with Gasteiger partial charge in [0.05, 0.1) is 32.9 Å². The van der Waals surface area contributed by atoms with E-state index in [0.29, 0.717) is 0 Å². The number of unbranched alkanes of at least 4 members (excludes halogenated alkanes) is 1. The van der Waals surface area contributed by atoms with Crippen molar-refractivity contribution in [1.82, 2.24) is 15.0 Å². The molecule has 2 aromatic carbocycles. The molecule has 1 aromatic heterocycles. The molecule has 4 nitrogen and oxygen atoms in total. The lowest BCUT2D eigenvalue weighted by molar-refractivity contribution is -0.907. The first-order chi connectivity index (χ1) is 13.7. The maximum atomic E-state index is 4.07. The number of rotatable bonds is 7. The quantitative estimate of drug-likeness (QED) is 0.352. The van der Waals surface area contributed by atoms with Crippen LogP contribution in [0.4, 0.5) is 0 Å². The van der Waals surface area contributed by atoms with Crippen molar-refractivity contribution in [2.45, 2.75) is 31.5 Å². The molecule has 0 atom stereocenters. The van der Waals surface area contributed by atoms with Crippen molar-refractivity contribution >= 4 is 18.4 Å². The smallest absolute Gasteiger partial charge is 0.129 e. The minimum absolute atomic E-state index is 0.979. The summed E-state index contributed by atoms with van der Waals surface area (Å²) in [6.45, 7) is 4.83. The van der Waals surface area contributed by atoms with Gasteiger partial charge < -0.3 is 4.48 Å². The van der Waals surface area contributed by atoms with Crippen LogP contribution in [-0.2, 0) is 6.54 Å². The molecule has 3 aromatic rings. The second kappa shape index (κ2) is 8.41. The summed E-state index contributed by atoms with van der Waals surface area (Å²) in [4.78, 5) is 0. The van der Waals surface area contributed by atoms with Gasteiger partial charge in [-0.15, -0.1) is 5.10 Å². The van der Waals surface area contributed by atoms with E-state index in [4.69, 9.17) is 0 Å². The van der Waals surface area contributed by atoms with Gasteiger partial charge in [0, 0.05) is 24.8 Å². The van der Waals surface area contributed by atoms with Gasteiger partial charge in [-0.05, 0) is 12.8 Å². The Morgan fingerprint density at radius 1 is 0.893 bits per heavy atom. The summed E-state index contributed by atoms with van der Waals surface area (Å²) in [7, 11) is 0.809. The average Bonchev–Trinajstić information content (AvgIpc) is 3.27. The predicted molar refractivity (Wildman–Crippen MR) is 118 cm³/mol. The molecule has 0 aliphatic carbocycles. The molecule has 0 radical (unpaired) electrons. The predicted octanol–water partition coefficient (Wildman–Crippen LogP) is 2.78. The van der Waals surface area contributed by atoms with Gasteiger partial charge in [-0.2, -0.15) is 0 Å². The lowest BCUT2D eigenvalue weighted by Crippen LogP contribution is -2.66. The highest BCUT2D eigenvalue weighted by Gasteiger charge is 2.44. The summed E-state index contributed by atoms with van der Waals surface area (Å²) in [6, 6.07) is 25.4. The Balaban J connectivity index is 1.43.